The molecule has 0 N–H and O–H groups in total. The van der Waals surface area contributed by atoms with Gasteiger partial charge in [-0.3, -0.25) is 8.97 Å². The Kier molecular flexibility index (Phi) is 4.33. The van der Waals surface area contributed by atoms with Crippen molar-refractivity contribution in [3.05, 3.63) is 140 Å². The van der Waals surface area contributed by atoms with Crippen molar-refractivity contribution in [3.63, 3.8) is 0 Å². The van der Waals surface area contributed by atoms with Crippen LogP contribution in [0.4, 0.5) is 0 Å². The Morgan fingerprint density at radius 1 is 0.450 bits per heavy atom. The predicted octanol–water partition coefficient (Wildman–Crippen LogP) is 9.56. The van der Waals surface area contributed by atoms with E-state index in [9.17, 15) is 0 Å². The molecule has 0 atom stereocenters. The van der Waals surface area contributed by atoms with Crippen LogP contribution in [0.2, 0.25) is 0 Å². The Bertz CT molecular complexity index is 2380. The summed E-state index contributed by atoms with van der Waals surface area (Å²) in [6, 6.07) is 48.0. The lowest BCUT2D eigenvalue weighted by Gasteiger charge is -2.13. The first-order chi connectivity index (χ1) is 19.8. The van der Waals surface area contributed by atoms with Gasteiger partial charge in [0.2, 0.25) is 0 Å². The second-order valence-electron chi connectivity index (χ2n) is 10.5. The summed E-state index contributed by atoms with van der Waals surface area (Å²) in [5.74, 6) is 0. The summed E-state index contributed by atoms with van der Waals surface area (Å²) in [6.45, 7) is 0. The Balaban J connectivity index is 1.24. The lowest BCUT2D eigenvalue weighted by atomic mass is 9.92. The quantitative estimate of drug-likeness (QED) is 0.213. The van der Waals surface area contributed by atoms with Gasteiger partial charge in [0.1, 0.15) is 11.2 Å². The molecule has 3 heterocycles. The lowest BCUT2D eigenvalue weighted by molar-refractivity contribution is 1.09. The zero-order chi connectivity index (χ0) is 26.2. The van der Waals surface area contributed by atoms with Crippen LogP contribution in [0.15, 0.2) is 140 Å². The maximum absolute atomic E-state index is 4.97. The number of hydrogen-bond donors (Lipinski definition) is 0. The maximum Gasteiger partial charge on any atom is 0.150 e. The highest BCUT2D eigenvalue weighted by atomic mass is 15.1. The van der Waals surface area contributed by atoms with Crippen LogP contribution in [0, 0.1) is 0 Å². The molecule has 0 unspecified atom stereocenters. The monoisotopic (exact) mass is 509 g/mol. The summed E-state index contributed by atoms with van der Waals surface area (Å²) in [5, 5.41) is 8.95. The van der Waals surface area contributed by atoms with E-state index in [-0.39, 0.29) is 0 Å². The number of nitrogens with zero attached hydrogens (tertiary/aromatic N) is 3. The summed E-state index contributed by atoms with van der Waals surface area (Å²) in [4.78, 5) is 4.97. The van der Waals surface area contributed by atoms with Gasteiger partial charge in [-0.15, -0.1) is 0 Å². The fraction of sp³-hybridized carbons (Fsp3) is 0. The average Bonchev–Trinajstić information content (AvgIpc) is 3.56. The zero-order valence-corrected chi connectivity index (χ0v) is 21.6. The van der Waals surface area contributed by atoms with E-state index >= 15 is 0 Å². The third kappa shape index (κ3) is 2.92. The van der Waals surface area contributed by atoms with Gasteiger partial charge in [0.05, 0.1) is 5.52 Å². The topological polar surface area (TPSA) is 22.2 Å². The standard InChI is InChI=1S/C37H23N3/c1-2-11-29-27(9-1)28-10-3-4-12-30(28)33-23-25(18-21-31(29)33)24-16-19-26(20-17-24)40-34-14-6-5-13-32(34)36-37(40)39-22-8-7-15-35(39)38-36/h1-23H. The first-order valence-corrected chi connectivity index (χ1v) is 13.7. The molecule has 40 heavy (non-hydrogen) atoms. The van der Waals surface area contributed by atoms with Crippen molar-refractivity contribution in [2.45, 2.75) is 0 Å². The van der Waals surface area contributed by atoms with Crippen molar-refractivity contribution in [1.82, 2.24) is 14.0 Å². The highest BCUT2D eigenvalue weighted by Crippen LogP contribution is 2.38. The predicted molar refractivity (Wildman–Crippen MR) is 167 cm³/mol. The minimum Gasteiger partial charge on any atom is -0.294 e. The Labute approximate surface area is 230 Å². The second-order valence-corrected chi connectivity index (χ2v) is 10.5. The zero-order valence-electron chi connectivity index (χ0n) is 21.6. The molecule has 0 saturated heterocycles. The van der Waals surface area contributed by atoms with Gasteiger partial charge >= 0.3 is 0 Å². The molecule has 0 bridgehead atoms. The second kappa shape index (κ2) is 8.05. The Hall–Kier alpha value is -5.41. The Morgan fingerprint density at radius 3 is 1.75 bits per heavy atom. The van der Waals surface area contributed by atoms with Crippen LogP contribution in [0.5, 0.6) is 0 Å². The van der Waals surface area contributed by atoms with Crippen molar-refractivity contribution in [2.24, 2.45) is 0 Å². The smallest absolute Gasteiger partial charge is 0.150 e. The van der Waals surface area contributed by atoms with E-state index in [2.05, 4.69) is 143 Å². The number of pyridine rings is 1. The van der Waals surface area contributed by atoms with Crippen LogP contribution in [-0.4, -0.2) is 14.0 Å². The molecular weight excluding hydrogens is 486 g/mol. The molecule has 186 valence electrons. The average molecular weight is 510 g/mol. The van der Waals surface area contributed by atoms with Crippen LogP contribution < -0.4 is 0 Å². The molecule has 0 aliphatic carbocycles. The van der Waals surface area contributed by atoms with E-state index in [1.165, 1.54) is 48.8 Å². The SMILES string of the molecule is c1ccc2c(c1)c1ccccc1c1cc(-c3ccc(-n4c5ccccc5c5nc6ccccn6c54)cc3)ccc21. The van der Waals surface area contributed by atoms with Crippen molar-refractivity contribution >= 4 is 60.0 Å². The molecule has 0 radical (unpaired) electrons. The summed E-state index contributed by atoms with van der Waals surface area (Å²) in [7, 11) is 0. The third-order valence-corrected chi connectivity index (χ3v) is 8.32. The molecule has 3 nitrogen and oxygen atoms in total. The van der Waals surface area contributed by atoms with Crippen LogP contribution in [0.1, 0.15) is 0 Å². The number of imidazole rings is 1. The van der Waals surface area contributed by atoms with Crippen LogP contribution in [-0.2, 0) is 0 Å². The minimum absolute atomic E-state index is 0.958. The molecule has 6 aromatic carbocycles. The first kappa shape index (κ1) is 21.5. The number of fused-ring (bicyclic) bond motifs is 11. The van der Waals surface area contributed by atoms with E-state index < -0.39 is 0 Å². The van der Waals surface area contributed by atoms with E-state index in [1.807, 2.05) is 6.07 Å². The van der Waals surface area contributed by atoms with Crippen molar-refractivity contribution in [3.8, 4) is 16.8 Å². The highest BCUT2D eigenvalue weighted by molar-refractivity contribution is 6.25. The molecule has 0 fully saturated rings. The molecular formula is C37H23N3. The first-order valence-electron chi connectivity index (χ1n) is 13.7. The number of hydrogen-bond acceptors (Lipinski definition) is 1. The van der Waals surface area contributed by atoms with Gasteiger partial charge in [0.25, 0.3) is 0 Å². The van der Waals surface area contributed by atoms with Gasteiger partial charge in [-0.2, -0.15) is 0 Å². The summed E-state index contributed by atoms with van der Waals surface area (Å²) < 4.78 is 4.51. The van der Waals surface area contributed by atoms with Crippen LogP contribution in [0.3, 0.4) is 0 Å². The van der Waals surface area contributed by atoms with E-state index in [0.717, 1.165) is 28.0 Å². The normalized spacial score (nSPS) is 12.0. The van der Waals surface area contributed by atoms with Gasteiger partial charge in [-0.1, -0.05) is 97.1 Å². The van der Waals surface area contributed by atoms with E-state index in [1.54, 1.807) is 0 Å². The summed E-state index contributed by atoms with van der Waals surface area (Å²) >= 11 is 0. The third-order valence-electron chi connectivity index (χ3n) is 8.32. The van der Waals surface area contributed by atoms with Crippen molar-refractivity contribution < 1.29 is 0 Å². The number of benzene rings is 6. The highest BCUT2D eigenvalue weighted by Gasteiger charge is 2.17. The molecule has 0 saturated carbocycles. The maximum atomic E-state index is 4.97. The summed E-state index contributed by atoms with van der Waals surface area (Å²) in [5.41, 5.74) is 7.78. The molecule has 0 amide bonds. The van der Waals surface area contributed by atoms with Crippen LogP contribution in [0.25, 0.3) is 76.8 Å². The molecule has 0 aliphatic heterocycles. The molecule has 9 aromatic rings. The lowest BCUT2D eigenvalue weighted by Crippen LogP contribution is -1.97. The molecule has 9 rings (SSSR count). The molecule has 0 spiro atoms. The van der Waals surface area contributed by atoms with E-state index in [0.29, 0.717) is 0 Å². The minimum atomic E-state index is 0.958. The largest absolute Gasteiger partial charge is 0.294 e. The fourth-order valence-electron chi connectivity index (χ4n) is 6.51. The van der Waals surface area contributed by atoms with Gasteiger partial charge in [0, 0.05) is 17.3 Å². The summed E-state index contributed by atoms with van der Waals surface area (Å²) in [6.07, 6.45) is 2.09. The van der Waals surface area contributed by atoms with Gasteiger partial charge in [0.15, 0.2) is 5.65 Å². The van der Waals surface area contributed by atoms with Crippen molar-refractivity contribution in [2.75, 3.05) is 0 Å². The number of aromatic nitrogens is 3. The van der Waals surface area contributed by atoms with Gasteiger partial charge < -0.3 is 0 Å². The van der Waals surface area contributed by atoms with E-state index in [4.69, 9.17) is 4.98 Å². The molecule has 3 heteroatoms. The van der Waals surface area contributed by atoms with Crippen molar-refractivity contribution in [1.29, 1.82) is 0 Å². The molecule has 0 aliphatic rings. The number of para-hydroxylation sites is 1. The van der Waals surface area contributed by atoms with Gasteiger partial charge in [-0.25, -0.2) is 4.98 Å². The van der Waals surface area contributed by atoms with Gasteiger partial charge in [-0.05, 0) is 79.8 Å². The number of rotatable bonds is 2. The fourth-order valence-corrected chi connectivity index (χ4v) is 6.51. The molecule has 3 aromatic heterocycles. The Morgan fingerprint density at radius 2 is 1.02 bits per heavy atom. The van der Waals surface area contributed by atoms with Crippen LogP contribution >= 0.6 is 0 Å².